The number of carbonyl (C=O) groups excluding carboxylic acids is 2. The van der Waals surface area contributed by atoms with Crippen LogP contribution < -0.4 is 0 Å². The van der Waals surface area contributed by atoms with E-state index in [2.05, 4.69) is 81.5 Å². The van der Waals surface area contributed by atoms with Gasteiger partial charge in [0.2, 0.25) is 0 Å². The van der Waals surface area contributed by atoms with E-state index in [1.54, 1.807) is 0 Å². The largest absolute Gasteiger partial charge is 0.462 e. The molecular weight excluding hydrogens is 885 g/mol. The topological polar surface area (TPSA) is 61.8 Å². The number of esters is 2. The Morgan fingerprint density at radius 3 is 1.01 bits per heavy atom. The lowest BCUT2D eigenvalue weighted by Gasteiger charge is -2.18. The van der Waals surface area contributed by atoms with E-state index < -0.39 is 6.10 Å². The summed E-state index contributed by atoms with van der Waals surface area (Å²) in [6.07, 6.45) is 81.1. The summed E-state index contributed by atoms with van der Waals surface area (Å²) in [6, 6.07) is 0. The van der Waals surface area contributed by atoms with Gasteiger partial charge >= 0.3 is 11.9 Å². The Labute approximate surface area is 449 Å². The number of hydrogen-bond acceptors (Lipinski definition) is 5. The second kappa shape index (κ2) is 62.9. The first-order valence-corrected chi connectivity index (χ1v) is 31.8. The van der Waals surface area contributed by atoms with E-state index in [9.17, 15) is 9.59 Å². The summed E-state index contributed by atoms with van der Waals surface area (Å²) in [6.45, 7) is 7.75. The van der Waals surface area contributed by atoms with Crippen LogP contribution in [-0.4, -0.2) is 37.9 Å². The highest BCUT2D eigenvalue weighted by Gasteiger charge is 2.18. The maximum atomic E-state index is 12.9. The van der Waals surface area contributed by atoms with Gasteiger partial charge in [0.1, 0.15) is 6.61 Å². The molecule has 420 valence electrons. The smallest absolute Gasteiger partial charge is 0.306 e. The van der Waals surface area contributed by atoms with Crippen molar-refractivity contribution in [1.29, 1.82) is 0 Å². The zero-order valence-electron chi connectivity index (χ0n) is 48.5. The molecule has 0 rings (SSSR count). The molecule has 0 fully saturated rings. The number of unbranched alkanes of at least 4 members (excludes halogenated alkanes) is 38. The average Bonchev–Trinajstić information content (AvgIpc) is 3.38. The van der Waals surface area contributed by atoms with Gasteiger partial charge in [-0.05, 0) is 103 Å². The maximum absolute atomic E-state index is 12.9. The van der Waals surface area contributed by atoms with Crippen LogP contribution in [0.25, 0.3) is 0 Å². The second-order valence-corrected chi connectivity index (χ2v) is 21.3. The van der Waals surface area contributed by atoms with Gasteiger partial charge in [-0.1, -0.05) is 274 Å². The van der Waals surface area contributed by atoms with Crippen molar-refractivity contribution in [3.63, 3.8) is 0 Å². The van der Waals surface area contributed by atoms with Crippen molar-refractivity contribution in [1.82, 2.24) is 0 Å². The molecule has 0 amide bonds. The van der Waals surface area contributed by atoms with Gasteiger partial charge in [0.05, 0.1) is 6.61 Å². The lowest BCUT2D eigenvalue weighted by molar-refractivity contribution is -0.163. The van der Waals surface area contributed by atoms with Crippen molar-refractivity contribution in [2.45, 2.75) is 335 Å². The SMILES string of the molecule is CC/C=C\C/C=C\C/C=C\CCCCCCCCCC(=O)OC(COCCCCCCCCCCCC/C=C\CCCCCCCC)COC(=O)CCCCCCCCCCC/C=C\CCCCCCCC. The lowest BCUT2D eigenvalue weighted by atomic mass is 10.1. The predicted octanol–water partition coefficient (Wildman–Crippen LogP) is 22.0. The Hall–Kier alpha value is -2.40. The molecular formula is C67H122O5. The normalized spacial score (nSPS) is 12.5. The molecule has 0 radical (unpaired) electrons. The summed E-state index contributed by atoms with van der Waals surface area (Å²) in [5, 5.41) is 0. The summed E-state index contributed by atoms with van der Waals surface area (Å²) in [5.41, 5.74) is 0. The molecule has 0 spiro atoms. The van der Waals surface area contributed by atoms with Crippen LogP contribution in [-0.2, 0) is 23.8 Å². The lowest BCUT2D eigenvalue weighted by Crippen LogP contribution is -2.30. The number of hydrogen-bond donors (Lipinski definition) is 0. The van der Waals surface area contributed by atoms with Crippen molar-refractivity contribution in [3.05, 3.63) is 60.8 Å². The van der Waals surface area contributed by atoms with E-state index in [1.165, 1.54) is 225 Å². The molecule has 0 N–H and O–H groups in total. The number of carbonyl (C=O) groups is 2. The van der Waals surface area contributed by atoms with Gasteiger partial charge in [0, 0.05) is 19.4 Å². The minimum absolute atomic E-state index is 0.0813. The van der Waals surface area contributed by atoms with E-state index >= 15 is 0 Å². The molecule has 1 atom stereocenters. The molecule has 5 nitrogen and oxygen atoms in total. The first-order chi connectivity index (χ1) is 35.6. The molecule has 0 saturated heterocycles. The Kier molecular flexibility index (Phi) is 60.8. The predicted molar refractivity (Wildman–Crippen MR) is 316 cm³/mol. The highest BCUT2D eigenvalue weighted by molar-refractivity contribution is 5.70. The van der Waals surface area contributed by atoms with Crippen molar-refractivity contribution in [2.75, 3.05) is 19.8 Å². The van der Waals surface area contributed by atoms with Gasteiger partial charge in [-0.25, -0.2) is 0 Å². The molecule has 0 aliphatic carbocycles. The van der Waals surface area contributed by atoms with E-state index in [-0.39, 0.29) is 25.2 Å². The third kappa shape index (κ3) is 60.2. The van der Waals surface area contributed by atoms with Crippen LogP contribution in [0.5, 0.6) is 0 Å². The van der Waals surface area contributed by atoms with Gasteiger partial charge in [-0.15, -0.1) is 0 Å². The van der Waals surface area contributed by atoms with E-state index in [0.717, 1.165) is 70.6 Å². The Morgan fingerprint density at radius 1 is 0.319 bits per heavy atom. The van der Waals surface area contributed by atoms with Crippen LogP contribution in [0.3, 0.4) is 0 Å². The number of rotatable bonds is 59. The van der Waals surface area contributed by atoms with Gasteiger partial charge in [0.25, 0.3) is 0 Å². The monoisotopic (exact) mass is 1010 g/mol. The minimum Gasteiger partial charge on any atom is -0.462 e. The number of ether oxygens (including phenoxy) is 3. The average molecular weight is 1010 g/mol. The fourth-order valence-corrected chi connectivity index (χ4v) is 9.28. The van der Waals surface area contributed by atoms with Crippen LogP contribution in [0, 0.1) is 0 Å². The molecule has 0 heterocycles. The zero-order valence-corrected chi connectivity index (χ0v) is 48.5. The molecule has 0 aromatic carbocycles. The van der Waals surface area contributed by atoms with Crippen LogP contribution in [0.2, 0.25) is 0 Å². The van der Waals surface area contributed by atoms with Crippen LogP contribution in [0.1, 0.15) is 329 Å². The molecule has 0 aliphatic rings. The molecule has 0 aromatic rings. The van der Waals surface area contributed by atoms with Crippen molar-refractivity contribution in [2.24, 2.45) is 0 Å². The molecule has 0 aliphatic heterocycles. The molecule has 5 heteroatoms. The molecule has 0 bridgehead atoms. The van der Waals surface area contributed by atoms with Gasteiger partial charge in [-0.3, -0.25) is 9.59 Å². The summed E-state index contributed by atoms with van der Waals surface area (Å²) in [5.74, 6) is -0.396. The fourth-order valence-electron chi connectivity index (χ4n) is 9.28. The van der Waals surface area contributed by atoms with Crippen molar-refractivity contribution in [3.8, 4) is 0 Å². The highest BCUT2D eigenvalue weighted by Crippen LogP contribution is 2.16. The van der Waals surface area contributed by atoms with Crippen LogP contribution in [0.4, 0.5) is 0 Å². The Balaban J connectivity index is 4.26. The van der Waals surface area contributed by atoms with Gasteiger partial charge in [-0.2, -0.15) is 0 Å². The van der Waals surface area contributed by atoms with E-state index in [1.807, 2.05) is 0 Å². The quantitative estimate of drug-likeness (QED) is 0.0345. The van der Waals surface area contributed by atoms with E-state index in [0.29, 0.717) is 19.4 Å². The second-order valence-electron chi connectivity index (χ2n) is 21.3. The first kappa shape index (κ1) is 69.6. The summed E-state index contributed by atoms with van der Waals surface area (Å²) >= 11 is 0. The van der Waals surface area contributed by atoms with Crippen LogP contribution >= 0.6 is 0 Å². The summed E-state index contributed by atoms with van der Waals surface area (Å²) < 4.78 is 17.5. The van der Waals surface area contributed by atoms with Crippen molar-refractivity contribution < 1.29 is 23.8 Å². The third-order valence-electron chi connectivity index (χ3n) is 14.0. The van der Waals surface area contributed by atoms with Crippen LogP contribution in [0.15, 0.2) is 60.8 Å². The highest BCUT2D eigenvalue weighted by atomic mass is 16.6. The standard InChI is InChI=1S/C67H122O5/c1-4-7-10-13-16-19-22-25-28-31-33-35-38-41-44-47-50-53-56-59-62-70-63-65(72-67(69)61-58-55-52-49-46-43-40-36-30-27-24-21-18-15-12-9-6-3)64-71-66(68)60-57-54-51-48-45-42-39-37-34-32-29-26-23-20-17-14-11-8-5-2/h9,12,18,21,25-30,65H,4-8,10-11,13-17,19-20,22-24,31-64H2,1-3H3/b12-9-,21-18-,28-25-,29-26-,30-27-. The minimum atomic E-state index is -0.545. The maximum Gasteiger partial charge on any atom is 0.306 e. The van der Waals surface area contributed by atoms with Gasteiger partial charge in [0.15, 0.2) is 6.10 Å². The molecule has 72 heavy (non-hydrogen) atoms. The third-order valence-corrected chi connectivity index (χ3v) is 14.0. The molecule has 0 saturated carbocycles. The van der Waals surface area contributed by atoms with Gasteiger partial charge < -0.3 is 14.2 Å². The fraction of sp³-hybridized carbons (Fsp3) is 0.821. The Bertz CT molecular complexity index is 1230. The molecule has 1 unspecified atom stereocenters. The number of allylic oxidation sites excluding steroid dienone is 10. The van der Waals surface area contributed by atoms with Crippen molar-refractivity contribution >= 4 is 11.9 Å². The Morgan fingerprint density at radius 2 is 0.625 bits per heavy atom. The zero-order chi connectivity index (χ0) is 52.0. The summed E-state index contributed by atoms with van der Waals surface area (Å²) in [4.78, 5) is 25.6. The van der Waals surface area contributed by atoms with E-state index in [4.69, 9.17) is 14.2 Å². The first-order valence-electron chi connectivity index (χ1n) is 31.8. The molecule has 0 aromatic heterocycles. The summed E-state index contributed by atoms with van der Waals surface area (Å²) in [7, 11) is 0.